The summed E-state index contributed by atoms with van der Waals surface area (Å²) in [6.07, 6.45) is 1.39. The number of nitrogens with one attached hydrogen (secondary N) is 1. The Labute approximate surface area is 112 Å². The van der Waals surface area contributed by atoms with Crippen LogP contribution in [0.4, 0.5) is 4.79 Å². The highest BCUT2D eigenvalue weighted by Crippen LogP contribution is 2.36. The van der Waals surface area contributed by atoms with Crippen LogP contribution < -0.4 is 5.32 Å². The van der Waals surface area contributed by atoms with Crippen molar-refractivity contribution < 1.29 is 14.0 Å². The minimum atomic E-state index is -1.68. The van der Waals surface area contributed by atoms with Gasteiger partial charge in [-0.15, -0.1) is 0 Å². The van der Waals surface area contributed by atoms with Crippen molar-refractivity contribution in [1.29, 1.82) is 0 Å². The van der Waals surface area contributed by atoms with Crippen LogP contribution in [0, 0.1) is 0 Å². The second kappa shape index (κ2) is 5.61. The fraction of sp³-hybridized carbons (Fsp3) is 0.923. The van der Waals surface area contributed by atoms with Gasteiger partial charge >= 0.3 is 6.09 Å². The monoisotopic (exact) mass is 273 g/mol. The number of ether oxygens (including phenoxy) is 1. The number of hydrogen-bond donors (Lipinski definition) is 1. The maximum Gasteiger partial charge on any atom is 0.407 e. The molecule has 0 radical (unpaired) electrons. The third-order valence-corrected chi connectivity index (χ3v) is 8.65. The van der Waals surface area contributed by atoms with Gasteiger partial charge in [-0.2, -0.15) is 0 Å². The Kier molecular flexibility index (Phi) is 4.83. The molecule has 1 fully saturated rings. The van der Waals surface area contributed by atoms with Gasteiger partial charge in [-0.1, -0.05) is 27.7 Å². The number of rotatable bonds is 5. The van der Waals surface area contributed by atoms with Crippen molar-refractivity contribution in [2.45, 2.75) is 70.8 Å². The largest absolute Gasteiger partial charge is 0.444 e. The molecule has 0 aromatic rings. The van der Waals surface area contributed by atoms with E-state index < -0.39 is 8.32 Å². The van der Waals surface area contributed by atoms with Crippen LogP contribution >= 0.6 is 0 Å². The van der Waals surface area contributed by atoms with Crippen molar-refractivity contribution in [2.75, 3.05) is 6.61 Å². The van der Waals surface area contributed by atoms with Gasteiger partial charge in [0.15, 0.2) is 8.32 Å². The fourth-order valence-corrected chi connectivity index (χ4v) is 2.84. The van der Waals surface area contributed by atoms with Crippen LogP contribution in [-0.4, -0.2) is 33.2 Å². The van der Waals surface area contributed by atoms with E-state index in [2.05, 4.69) is 39.2 Å². The Hall–Kier alpha value is -0.553. The second-order valence-corrected chi connectivity index (χ2v) is 11.3. The van der Waals surface area contributed by atoms with Gasteiger partial charge in [0.05, 0.1) is 6.04 Å². The number of amides is 1. The average Bonchev–Trinajstić information content (AvgIpc) is 2.57. The molecule has 5 heteroatoms. The molecule has 1 amide bonds. The molecule has 0 spiro atoms. The third-order valence-electron chi connectivity index (χ3n) is 4.11. The van der Waals surface area contributed by atoms with Gasteiger partial charge in [0, 0.05) is 6.61 Å². The van der Waals surface area contributed by atoms with Crippen LogP contribution in [0.15, 0.2) is 0 Å². The third kappa shape index (κ3) is 3.72. The number of carbonyl (C=O) groups excluding carboxylic acids is 1. The lowest BCUT2D eigenvalue weighted by molar-refractivity contribution is 0.124. The van der Waals surface area contributed by atoms with Gasteiger partial charge in [-0.3, -0.25) is 0 Å². The molecule has 1 aliphatic rings. The molecule has 1 aliphatic heterocycles. The lowest BCUT2D eigenvalue weighted by Crippen LogP contribution is -2.42. The summed E-state index contributed by atoms with van der Waals surface area (Å²) in [6, 6.07) is 0.104. The van der Waals surface area contributed by atoms with Gasteiger partial charge in [0.2, 0.25) is 0 Å². The second-order valence-electron chi connectivity index (χ2n) is 6.50. The normalized spacial score (nSPS) is 24.9. The molecule has 106 valence electrons. The lowest BCUT2D eigenvalue weighted by Gasteiger charge is -2.36. The van der Waals surface area contributed by atoms with E-state index in [4.69, 9.17) is 9.16 Å². The number of hydrogen-bond acceptors (Lipinski definition) is 3. The molecular weight excluding hydrogens is 246 g/mol. The highest BCUT2D eigenvalue weighted by Gasteiger charge is 2.38. The zero-order valence-electron chi connectivity index (χ0n) is 12.5. The SMILES string of the molecule is CC[C@H]1OC(=O)N[C@H]1CCO[Si](C)(C)C(C)(C)C. The predicted molar refractivity (Wildman–Crippen MR) is 75.2 cm³/mol. The van der Waals surface area contributed by atoms with E-state index in [1.807, 2.05) is 6.92 Å². The van der Waals surface area contributed by atoms with Gasteiger partial charge in [0.25, 0.3) is 0 Å². The van der Waals surface area contributed by atoms with E-state index in [0.717, 1.165) is 12.8 Å². The van der Waals surface area contributed by atoms with E-state index in [1.165, 1.54) is 0 Å². The Balaban J connectivity index is 2.40. The Bertz CT molecular complexity index is 299. The summed E-state index contributed by atoms with van der Waals surface area (Å²) in [5.41, 5.74) is 0. The number of carbonyl (C=O) groups is 1. The molecule has 1 heterocycles. The first-order valence-corrected chi connectivity index (χ1v) is 9.69. The van der Waals surface area contributed by atoms with Crippen LogP contribution in [0.25, 0.3) is 0 Å². The summed E-state index contributed by atoms with van der Waals surface area (Å²) in [4.78, 5) is 11.2. The van der Waals surface area contributed by atoms with Gasteiger partial charge in [-0.05, 0) is 31.0 Å². The summed E-state index contributed by atoms with van der Waals surface area (Å²) in [5.74, 6) is 0. The molecule has 1 saturated heterocycles. The Morgan fingerprint density at radius 3 is 2.50 bits per heavy atom. The molecule has 4 nitrogen and oxygen atoms in total. The number of alkyl carbamates (subject to hydrolysis) is 1. The van der Waals surface area contributed by atoms with Gasteiger partial charge in [0.1, 0.15) is 6.10 Å². The molecule has 1 N–H and O–H groups in total. The van der Waals surface area contributed by atoms with Crippen LogP contribution in [0.3, 0.4) is 0 Å². The quantitative estimate of drug-likeness (QED) is 0.782. The fourth-order valence-electron chi connectivity index (χ4n) is 1.78. The smallest absolute Gasteiger partial charge is 0.407 e. The van der Waals surface area contributed by atoms with Crippen LogP contribution in [0.5, 0.6) is 0 Å². The zero-order valence-corrected chi connectivity index (χ0v) is 13.5. The van der Waals surface area contributed by atoms with E-state index in [1.54, 1.807) is 0 Å². The van der Waals surface area contributed by atoms with E-state index in [-0.39, 0.29) is 23.3 Å². The molecule has 2 atom stereocenters. The van der Waals surface area contributed by atoms with Crippen molar-refractivity contribution in [3.05, 3.63) is 0 Å². The topological polar surface area (TPSA) is 47.6 Å². The molecule has 18 heavy (non-hydrogen) atoms. The standard InChI is InChI=1S/C13H27NO3Si/c1-7-11-10(14-12(15)17-11)8-9-16-18(5,6)13(2,3)4/h10-11H,7-9H2,1-6H3,(H,14,15)/t10-,11+/m0/s1. The lowest BCUT2D eigenvalue weighted by atomic mass is 10.1. The summed E-state index contributed by atoms with van der Waals surface area (Å²) in [6.45, 7) is 13.9. The highest BCUT2D eigenvalue weighted by molar-refractivity contribution is 6.74. The first-order valence-electron chi connectivity index (χ1n) is 6.78. The molecule has 0 bridgehead atoms. The molecule has 0 saturated carbocycles. The maximum absolute atomic E-state index is 11.2. The zero-order chi connectivity index (χ0) is 14.0. The molecule has 1 rings (SSSR count). The average molecular weight is 273 g/mol. The van der Waals surface area contributed by atoms with Crippen molar-refractivity contribution >= 4 is 14.4 Å². The summed E-state index contributed by atoms with van der Waals surface area (Å²) in [5, 5.41) is 3.08. The van der Waals surface area contributed by atoms with Gasteiger partial charge in [-0.25, -0.2) is 4.79 Å². The van der Waals surface area contributed by atoms with Gasteiger partial charge < -0.3 is 14.5 Å². The Morgan fingerprint density at radius 1 is 1.39 bits per heavy atom. The first-order chi connectivity index (χ1) is 8.17. The van der Waals surface area contributed by atoms with Crippen molar-refractivity contribution in [2.24, 2.45) is 0 Å². The summed E-state index contributed by atoms with van der Waals surface area (Å²) < 4.78 is 11.3. The predicted octanol–water partition coefficient (Wildman–Crippen LogP) is 3.29. The van der Waals surface area contributed by atoms with Crippen molar-refractivity contribution in [3.63, 3.8) is 0 Å². The number of cyclic esters (lactones) is 1. The van der Waals surface area contributed by atoms with Crippen LogP contribution in [0.1, 0.15) is 40.5 Å². The molecule has 0 aromatic heterocycles. The molecular formula is C13H27NO3Si. The van der Waals surface area contributed by atoms with Crippen molar-refractivity contribution in [3.8, 4) is 0 Å². The van der Waals surface area contributed by atoms with Crippen molar-refractivity contribution in [1.82, 2.24) is 5.32 Å². The summed E-state index contributed by atoms with van der Waals surface area (Å²) >= 11 is 0. The molecule has 0 aliphatic carbocycles. The minimum Gasteiger partial charge on any atom is -0.444 e. The van der Waals surface area contributed by atoms with E-state index in [0.29, 0.717) is 6.61 Å². The maximum atomic E-state index is 11.2. The van der Waals surface area contributed by atoms with E-state index >= 15 is 0 Å². The Morgan fingerprint density at radius 2 is 2.00 bits per heavy atom. The van der Waals surface area contributed by atoms with E-state index in [9.17, 15) is 4.79 Å². The highest BCUT2D eigenvalue weighted by atomic mass is 28.4. The minimum absolute atomic E-state index is 0.000477. The first kappa shape index (κ1) is 15.5. The molecule has 0 aromatic carbocycles. The van der Waals surface area contributed by atoms with Crippen LogP contribution in [-0.2, 0) is 9.16 Å². The summed E-state index contributed by atoms with van der Waals surface area (Å²) in [7, 11) is -1.68. The van der Waals surface area contributed by atoms with Crippen LogP contribution in [0.2, 0.25) is 18.1 Å². The molecule has 0 unspecified atom stereocenters.